The number of alkyl halides is 3. The van der Waals surface area contributed by atoms with Crippen molar-refractivity contribution in [1.29, 1.82) is 0 Å². The minimum Gasteiger partial charge on any atom is -0.530 e. The molecule has 1 atom stereocenters. The fourth-order valence-corrected chi connectivity index (χ4v) is 4.43. The molecule has 0 aliphatic rings. The molecule has 0 aliphatic heterocycles. The Morgan fingerprint density at radius 2 is 1.83 bits per heavy atom. The lowest BCUT2D eigenvalue weighted by molar-refractivity contribution is -0.267. The van der Waals surface area contributed by atoms with Gasteiger partial charge in [-0.25, -0.2) is 13.8 Å². The van der Waals surface area contributed by atoms with E-state index in [0.29, 0.717) is 11.3 Å². The van der Waals surface area contributed by atoms with Gasteiger partial charge in [0, 0.05) is 24.0 Å². The largest absolute Gasteiger partial charge is 0.530 e. The molecule has 15 heteroatoms. The van der Waals surface area contributed by atoms with Crippen LogP contribution in [0.15, 0.2) is 63.8 Å². The number of pyridine rings is 1. The van der Waals surface area contributed by atoms with E-state index in [9.17, 15) is 32.3 Å². The number of carbonyl (C=O) groups excluding carboxylic acids is 2. The zero-order valence-corrected chi connectivity index (χ0v) is 23.0. The Hall–Kier alpha value is -4.53. The van der Waals surface area contributed by atoms with Crippen LogP contribution >= 0.6 is 15.9 Å². The normalized spacial score (nSPS) is 12.2. The molecule has 0 saturated carbocycles. The Morgan fingerprint density at radius 3 is 2.43 bits per heavy atom. The molecular formula is C27H19BrF5N4O5-. The Kier molecular flexibility index (Phi) is 8.80. The second-order valence-electron chi connectivity index (χ2n) is 8.91. The van der Waals surface area contributed by atoms with E-state index in [2.05, 4.69) is 25.9 Å². The lowest BCUT2D eigenvalue weighted by Crippen LogP contribution is -2.43. The minimum absolute atomic E-state index is 0.0227. The fraction of sp³-hybridized carbons (Fsp3) is 0.185. The van der Waals surface area contributed by atoms with E-state index >= 15 is 4.39 Å². The smallest absolute Gasteiger partial charge is 0.416 e. The average Bonchev–Trinajstić information content (AvgIpc) is 3.30. The maximum Gasteiger partial charge on any atom is 0.416 e. The molecule has 0 bridgehead atoms. The fourth-order valence-electron chi connectivity index (χ4n) is 3.95. The maximum atomic E-state index is 15.1. The van der Waals surface area contributed by atoms with Gasteiger partial charge in [-0.05, 0) is 64.8 Å². The van der Waals surface area contributed by atoms with E-state index in [4.69, 9.17) is 14.9 Å². The highest BCUT2D eigenvalue weighted by Gasteiger charge is 2.31. The number of carboxylic acid groups (broad SMARTS) is 1. The van der Waals surface area contributed by atoms with Gasteiger partial charge in [0.1, 0.15) is 23.2 Å². The number of nitrogens with two attached hydrogens (primary N) is 1. The number of carbonyl (C=O) groups is 2. The number of hydrogen-bond donors (Lipinski definition) is 1. The minimum atomic E-state index is -4.58. The standard InChI is InChI=1S/C27H20BrF5N4O5/c1-13-10-14(8-9-35-13)11-37(26(39)40)12-19(41-18-7-6-17(29)20(21(18)30)24(34)38)25-36-22(23(28)42-25)15-2-4-16(5-3-15)27(31,32)33/h2-10,19H,11-12H2,1H3,(H2,34,38)(H,39,40)/p-1. The summed E-state index contributed by atoms with van der Waals surface area (Å²) in [6.07, 6.45) is -6.29. The molecule has 0 aliphatic carbocycles. The SMILES string of the molecule is Cc1cc(CN(CC(Oc2ccc(F)c(C(N)=O)c2F)c2nc(-c3ccc(C(F)(F)F)cc3)c(Br)o2)C(=O)[O-])ccn1. The summed E-state index contributed by atoms with van der Waals surface area (Å²) >= 11 is 3.14. The van der Waals surface area contributed by atoms with Crippen LogP contribution in [0.4, 0.5) is 26.7 Å². The van der Waals surface area contributed by atoms with E-state index < -0.39 is 59.3 Å². The number of oxazole rings is 1. The highest BCUT2D eigenvalue weighted by atomic mass is 79.9. The number of ether oxygens (including phenoxy) is 1. The molecule has 0 radical (unpaired) electrons. The molecule has 2 aromatic heterocycles. The number of amides is 2. The first-order valence-corrected chi connectivity index (χ1v) is 12.7. The molecule has 4 aromatic rings. The summed E-state index contributed by atoms with van der Waals surface area (Å²) < 4.78 is 79.4. The van der Waals surface area contributed by atoms with Crippen molar-refractivity contribution < 1.29 is 45.8 Å². The summed E-state index contributed by atoms with van der Waals surface area (Å²) in [5.41, 5.74) is 4.43. The quantitative estimate of drug-likeness (QED) is 0.246. The van der Waals surface area contributed by atoms with Gasteiger partial charge in [0.15, 0.2) is 22.3 Å². The van der Waals surface area contributed by atoms with Gasteiger partial charge in [-0.15, -0.1) is 0 Å². The lowest BCUT2D eigenvalue weighted by Gasteiger charge is -2.29. The predicted molar refractivity (Wildman–Crippen MR) is 138 cm³/mol. The van der Waals surface area contributed by atoms with E-state index in [-0.39, 0.29) is 28.4 Å². The molecule has 0 spiro atoms. The van der Waals surface area contributed by atoms with Crippen LogP contribution in [-0.2, 0) is 12.7 Å². The topological polar surface area (TPSA) is 135 Å². The van der Waals surface area contributed by atoms with Crippen LogP contribution in [0, 0.1) is 18.6 Å². The lowest BCUT2D eigenvalue weighted by atomic mass is 10.1. The van der Waals surface area contributed by atoms with Crippen LogP contribution in [0.5, 0.6) is 5.75 Å². The number of aryl methyl sites for hydroxylation is 1. The number of halogens is 6. The van der Waals surface area contributed by atoms with Crippen molar-refractivity contribution in [3.8, 4) is 17.0 Å². The van der Waals surface area contributed by atoms with Gasteiger partial charge in [0.25, 0.3) is 5.91 Å². The molecule has 0 fully saturated rings. The van der Waals surface area contributed by atoms with Gasteiger partial charge in [-0.1, -0.05) is 12.1 Å². The van der Waals surface area contributed by atoms with Crippen molar-refractivity contribution in [2.45, 2.75) is 25.7 Å². The van der Waals surface area contributed by atoms with Crippen LogP contribution < -0.4 is 15.6 Å². The summed E-state index contributed by atoms with van der Waals surface area (Å²) in [5.74, 6) is -5.14. The number of aromatic nitrogens is 2. The van der Waals surface area contributed by atoms with Gasteiger partial charge in [-0.2, -0.15) is 13.2 Å². The Balaban J connectivity index is 1.74. The van der Waals surface area contributed by atoms with Gasteiger partial charge in [0.2, 0.25) is 5.89 Å². The van der Waals surface area contributed by atoms with Crippen molar-refractivity contribution in [3.63, 3.8) is 0 Å². The monoisotopic (exact) mass is 653 g/mol. The van der Waals surface area contributed by atoms with Gasteiger partial charge in [-0.3, -0.25) is 9.78 Å². The first-order valence-electron chi connectivity index (χ1n) is 11.9. The molecule has 0 saturated heterocycles. The number of hydrogen-bond acceptors (Lipinski definition) is 7. The number of nitrogens with zero attached hydrogens (tertiary/aromatic N) is 3. The van der Waals surface area contributed by atoms with Gasteiger partial charge in [0.05, 0.1) is 12.1 Å². The highest BCUT2D eigenvalue weighted by Crippen LogP contribution is 2.36. The summed E-state index contributed by atoms with van der Waals surface area (Å²) in [5, 5.41) is 12.1. The number of primary amides is 1. The summed E-state index contributed by atoms with van der Waals surface area (Å²) in [4.78, 5) is 32.8. The summed E-state index contributed by atoms with van der Waals surface area (Å²) in [7, 11) is 0. The van der Waals surface area contributed by atoms with Crippen LogP contribution in [0.3, 0.4) is 0 Å². The first-order chi connectivity index (χ1) is 19.7. The van der Waals surface area contributed by atoms with Crippen LogP contribution in [0.25, 0.3) is 11.3 Å². The molecule has 1 unspecified atom stereocenters. The molecule has 2 N–H and O–H groups in total. The van der Waals surface area contributed by atoms with E-state index in [1.54, 1.807) is 19.1 Å². The van der Waals surface area contributed by atoms with Gasteiger partial charge < -0.3 is 29.7 Å². The van der Waals surface area contributed by atoms with E-state index in [1.807, 2.05) is 0 Å². The Morgan fingerprint density at radius 1 is 1.14 bits per heavy atom. The van der Waals surface area contributed by atoms with Crippen LogP contribution in [0.2, 0.25) is 0 Å². The van der Waals surface area contributed by atoms with Gasteiger partial charge >= 0.3 is 6.18 Å². The maximum absolute atomic E-state index is 15.1. The third kappa shape index (κ3) is 6.84. The summed E-state index contributed by atoms with van der Waals surface area (Å²) in [6.45, 7) is 0.892. The highest BCUT2D eigenvalue weighted by molar-refractivity contribution is 9.10. The number of rotatable bonds is 9. The van der Waals surface area contributed by atoms with Crippen LogP contribution in [0.1, 0.15) is 39.2 Å². The number of benzene rings is 2. The van der Waals surface area contributed by atoms with Crippen molar-refractivity contribution in [3.05, 3.63) is 99.3 Å². The van der Waals surface area contributed by atoms with E-state index in [0.717, 1.165) is 41.3 Å². The van der Waals surface area contributed by atoms with Crippen LogP contribution in [-0.4, -0.2) is 33.4 Å². The molecule has 9 nitrogen and oxygen atoms in total. The molecule has 220 valence electrons. The molecular weight excluding hydrogens is 635 g/mol. The van der Waals surface area contributed by atoms with Crippen molar-refractivity contribution in [1.82, 2.24) is 14.9 Å². The first kappa shape index (κ1) is 30.4. The van der Waals surface area contributed by atoms with Crippen molar-refractivity contribution >= 4 is 27.9 Å². The second kappa shape index (κ2) is 12.1. The third-order valence-electron chi connectivity index (χ3n) is 5.91. The zero-order chi connectivity index (χ0) is 30.8. The second-order valence-corrected chi connectivity index (χ2v) is 9.63. The zero-order valence-electron chi connectivity index (χ0n) is 21.4. The molecule has 2 amide bonds. The third-order valence-corrected chi connectivity index (χ3v) is 6.45. The van der Waals surface area contributed by atoms with Crippen molar-refractivity contribution in [2.24, 2.45) is 5.73 Å². The van der Waals surface area contributed by atoms with E-state index in [1.165, 1.54) is 6.20 Å². The predicted octanol–water partition coefficient (Wildman–Crippen LogP) is 5.17. The Bertz CT molecular complexity index is 1630. The molecule has 42 heavy (non-hydrogen) atoms. The average molecular weight is 654 g/mol. The Labute approximate surface area is 242 Å². The molecule has 2 heterocycles. The van der Waals surface area contributed by atoms with Crippen molar-refractivity contribution in [2.75, 3.05) is 6.54 Å². The molecule has 2 aromatic carbocycles. The summed E-state index contributed by atoms with van der Waals surface area (Å²) in [6, 6.07) is 8.71. The molecule has 4 rings (SSSR count).